The fourth-order valence-corrected chi connectivity index (χ4v) is 3.00. The van der Waals surface area contributed by atoms with Crippen molar-refractivity contribution < 1.29 is 23.1 Å². The van der Waals surface area contributed by atoms with Gasteiger partial charge in [0.1, 0.15) is 0 Å². The lowest BCUT2D eigenvalue weighted by molar-refractivity contribution is -0.250. The molecular formula is C16H24F3N3O2. The van der Waals surface area contributed by atoms with Gasteiger partial charge in [-0.25, -0.2) is 0 Å². The molecule has 2 heterocycles. The van der Waals surface area contributed by atoms with Crippen LogP contribution in [0.1, 0.15) is 45.2 Å². The second-order valence-corrected chi connectivity index (χ2v) is 6.97. The molecule has 1 atom stereocenters. The number of halogens is 3. The van der Waals surface area contributed by atoms with Gasteiger partial charge in [0.25, 0.3) is 5.91 Å². The Hall–Kier alpha value is -1.57. The Balaban J connectivity index is 2.02. The van der Waals surface area contributed by atoms with Crippen LogP contribution in [0.2, 0.25) is 0 Å². The molecule has 1 aromatic heterocycles. The van der Waals surface area contributed by atoms with E-state index in [4.69, 9.17) is 0 Å². The molecule has 8 heteroatoms. The Morgan fingerprint density at radius 2 is 1.96 bits per heavy atom. The first-order valence-electron chi connectivity index (χ1n) is 8.14. The molecule has 1 saturated heterocycles. The van der Waals surface area contributed by atoms with Gasteiger partial charge in [-0.2, -0.15) is 18.3 Å². The first-order chi connectivity index (χ1) is 11.0. The van der Waals surface area contributed by atoms with E-state index in [1.807, 2.05) is 10.7 Å². The van der Waals surface area contributed by atoms with Gasteiger partial charge in [-0.05, 0) is 31.7 Å². The van der Waals surface area contributed by atoms with Crippen molar-refractivity contribution in [1.29, 1.82) is 0 Å². The van der Waals surface area contributed by atoms with Crippen LogP contribution in [0.5, 0.6) is 0 Å². The van der Waals surface area contributed by atoms with Crippen LogP contribution in [0.15, 0.2) is 12.3 Å². The third-order valence-electron chi connectivity index (χ3n) is 4.46. The summed E-state index contributed by atoms with van der Waals surface area (Å²) < 4.78 is 40.3. The van der Waals surface area contributed by atoms with Crippen LogP contribution in [-0.4, -0.2) is 50.6 Å². The number of aliphatic hydroxyl groups is 1. The Labute approximate surface area is 139 Å². The summed E-state index contributed by atoms with van der Waals surface area (Å²) in [7, 11) is 0. The average molecular weight is 347 g/mol. The number of aromatic nitrogens is 2. The van der Waals surface area contributed by atoms with E-state index in [0.717, 1.165) is 17.1 Å². The zero-order valence-electron chi connectivity index (χ0n) is 14.2. The number of piperidine rings is 1. The Bertz CT molecular complexity index is 573. The molecule has 1 unspecified atom stereocenters. The number of likely N-dealkylation sites (tertiary alicyclic amines) is 1. The predicted molar refractivity (Wildman–Crippen MR) is 82.3 cm³/mol. The number of rotatable bonds is 4. The molecule has 1 aliphatic rings. The topological polar surface area (TPSA) is 58.4 Å². The molecule has 0 spiro atoms. The number of amides is 1. The molecule has 1 aromatic rings. The van der Waals surface area contributed by atoms with E-state index in [0.29, 0.717) is 25.7 Å². The second kappa shape index (κ2) is 6.74. The van der Waals surface area contributed by atoms with Gasteiger partial charge in [0.05, 0.1) is 0 Å². The van der Waals surface area contributed by atoms with Gasteiger partial charge < -0.3 is 10.0 Å². The van der Waals surface area contributed by atoms with Crippen molar-refractivity contribution in [3.05, 3.63) is 18.0 Å². The van der Waals surface area contributed by atoms with Crippen LogP contribution in [0.4, 0.5) is 13.2 Å². The maximum absolute atomic E-state index is 12.8. The molecule has 1 fully saturated rings. The van der Waals surface area contributed by atoms with Crippen LogP contribution in [-0.2, 0) is 11.3 Å². The number of hydrogen-bond donors (Lipinski definition) is 1. The first-order valence-corrected chi connectivity index (χ1v) is 8.14. The van der Waals surface area contributed by atoms with Gasteiger partial charge in [0, 0.05) is 37.4 Å². The second-order valence-electron chi connectivity index (χ2n) is 6.97. The molecule has 1 amide bonds. The van der Waals surface area contributed by atoms with Crippen LogP contribution >= 0.6 is 0 Å². The normalized spacial score (nSPS) is 19.6. The molecular weight excluding hydrogens is 323 g/mol. The van der Waals surface area contributed by atoms with E-state index in [9.17, 15) is 23.1 Å². The number of alkyl halides is 3. The summed E-state index contributed by atoms with van der Waals surface area (Å²) >= 11 is 0. The summed E-state index contributed by atoms with van der Waals surface area (Å²) in [5.74, 6) is -0.678. The van der Waals surface area contributed by atoms with E-state index in [1.165, 1.54) is 0 Å². The molecule has 0 aromatic carbocycles. The highest BCUT2D eigenvalue weighted by Gasteiger charge is 2.57. The van der Waals surface area contributed by atoms with Gasteiger partial charge in [0.15, 0.2) is 0 Å². The molecule has 0 radical (unpaired) electrons. The maximum Gasteiger partial charge on any atom is 0.426 e. The van der Waals surface area contributed by atoms with Crippen LogP contribution < -0.4 is 0 Å². The van der Waals surface area contributed by atoms with Crippen molar-refractivity contribution in [1.82, 2.24) is 14.7 Å². The predicted octanol–water partition coefficient (Wildman–Crippen LogP) is 2.56. The summed E-state index contributed by atoms with van der Waals surface area (Å²) in [6.45, 7) is 5.87. The molecule has 1 N–H and O–H groups in total. The fraction of sp³-hybridized carbons (Fsp3) is 0.750. The summed E-state index contributed by atoms with van der Waals surface area (Å²) in [4.78, 5) is 13.1. The Kier molecular flexibility index (Phi) is 5.27. The third-order valence-corrected chi connectivity index (χ3v) is 4.46. The standard InChI is InChI=1S/C16H24F3N3O2/c1-11(2)10-22-13(4-7-20-22)12-5-8-21(9-6-12)14(23)15(3,24)16(17,18)19/h4,7,11-12,24H,5-6,8-10H2,1-3H3. The third kappa shape index (κ3) is 3.74. The molecule has 136 valence electrons. The van der Waals surface area contributed by atoms with E-state index in [1.54, 1.807) is 6.20 Å². The Morgan fingerprint density at radius 3 is 2.46 bits per heavy atom. The Morgan fingerprint density at radius 1 is 1.38 bits per heavy atom. The van der Waals surface area contributed by atoms with Crippen LogP contribution in [0.3, 0.4) is 0 Å². The summed E-state index contributed by atoms with van der Waals surface area (Å²) in [5.41, 5.74) is -2.28. The first kappa shape index (κ1) is 18.8. The van der Waals surface area contributed by atoms with E-state index in [-0.39, 0.29) is 19.0 Å². The number of nitrogens with zero attached hydrogens (tertiary/aromatic N) is 3. The van der Waals surface area contributed by atoms with Crippen molar-refractivity contribution in [3.8, 4) is 0 Å². The van der Waals surface area contributed by atoms with Crippen LogP contribution in [0.25, 0.3) is 0 Å². The molecule has 0 aliphatic carbocycles. The lowest BCUT2D eigenvalue weighted by atomic mass is 9.92. The SMILES string of the molecule is CC(C)Cn1nccc1C1CCN(C(=O)C(C)(O)C(F)(F)F)CC1. The lowest BCUT2D eigenvalue weighted by Gasteiger charge is -2.37. The lowest BCUT2D eigenvalue weighted by Crippen LogP contribution is -2.57. The maximum atomic E-state index is 12.8. The van der Waals surface area contributed by atoms with Crippen molar-refractivity contribution in [2.75, 3.05) is 13.1 Å². The minimum absolute atomic E-state index is 0.158. The highest BCUT2D eigenvalue weighted by atomic mass is 19.4. The summed E-state index contributed by atoms with van der Waals surface area (Å²) in [5, 5.41) is 13.8. The minimum atomic E-state index is -4.98. The molecule has 5 nitrogen and oxygen atoms in total. The minimum Gasteiger partial charge on any atom is -0.373 e. The highest BCUT2D eigenvalue weighted by Crippen LogP contribution is 2.34. The van der Waals surface area contributed by atoms with E-state index >= 15 is 0 Å². The summed E-state index contributed by atoms with van der Waals surface area (Å²) in [6.07, 6.45) is -2.13. The van der Waals surface area contributed by atoms with E-state index in [2.05, 4.69) is 18.9 Å². The highest BCUT2D eigenvalue weighted by molar-refractivity contribution is 5.85. The number of carbonyl (C=O) groups is 1. The number of carbonyl (C=O) groups excluding carboxylic acids is 1. The van der Waals surface area contributed by atoms with Crippen molar-refractivity contribution >= 4 is 5.91 Å². The fourth-order valence-electron chi connectivity index (χ4n) is 3.00. The van der Waals surface area contributed by atoms with Gasteiger partial charge in [-0.15, -0.1) is 0 Å². The quantitative estimate of drug-likeness (QED) is 0.911. The largest absolute Gasteiger partial charge is 0.426 e. The zero-order chi connectivity index (χ0) is 18.1. The van der Waals surface area contributed by atoms with Gasteiger partial charge >= 0.3 is 6.18 Å². The van der Waals surface area contributed by atoms with Gasteiger partial charge in [-0.3, -0.25) is 9.48 Å². The van der Waals surface area contributed by atoms with Crippen molar-refractivity contribution in [2.45, 2.75) is 57.9 Å². The molecule has 1 aliphatic heterocycles. The smallest absolute Gasteiger partial charge is 0.373 e. The molecule has 0 bridgehead atoms. The summed E-state index contributed by atoms with van der Waals surface area (Å²) in [6, 6.07) is 1.93. The zero-order valence-corrected chi connectivity index (χ0v) is 14.2. The van der Waals surface area contributed by atoms with E-state index < -0.39 is 17.7 Å². The van der Waals surface area contributed by atoms with Crippen LogP contribution in [0, 0.1) is 5.92 Å². The van der Waals surface area contributed by atoms with Crippen molar-refractivity contribution in [3.63, 3.8) is 0 Å². The van der Waals surface area contributed by atoms with Crippen molar-refractivity contribution in [2.24, 2.45) is 5.92 Å². The number of hydrogen-bond acceptors (Lipinski definition) is 3. The molecule has 2 rings (SSSR count). The molecule has 24 heavy (non-hydrogen) atoms. The van der Waals surface area contributed by atoms with Gasteiger partial charge in [0.2, 0.25) is 5.60 Å². The van der Waals surface area contributed by atoms with Gasteiger partial charge in [-0.1, -0.05) is 13.8 Å². The monoisotopic (exact) mass is 347 g/mol. The average Bonchev–Trinajstić information content (AvgIpc) is 2.92. The molecule has 0 saturated carbocycles.